The van der Waals surface area contributed by atoms with Crippen LogP contribution in [-0.4, -0.2) is 24.8 Å². The van der Waals surface area contributed by atoms with Crippen molar-refractivity contribution in [2.75, 3.05) is 17.8 Å². The van der Waals surface area contributed by atoms with Gasteiger partial charge in [-0.2, -0.15) is 0 Å². The highest BCUT2D eigenvalue weighted by atomic mass is 35.5. The van der Waals surface area contributed by atoms with Gasteiger partial charge >= 0.3 is 0 Å². The molecule has 0 atom stereocenters. The fraction of sp³-hybridized carbons (Fsp3) is 0.417. The molecule has 1 rings (SSSR count). The Morgan fingerprint density at radius 3 is 2.83 bits per heavy atom. The molecule has 18 heavy (non-hydrogen) atoms. The highest BCUT2D eigenvalue weighted by Crippen LogP contribution is 2.19. The SMILES string of the molecule is Cc1ccc(COCC(F)F)c(NC(=O)CCl)c1. The molecule has 0 aromatic heterocycles. The number of aryl methyl sites for hydroxylation is 1. The number of hydrogen-bond donors (Lipinski definition) is 1. The van der Waals surface area contributed by atoms with E-state index in [0.29, 0.717) is 11.3 Å². The van der Waals surface area contributed by atoms with Crippen molar-refractivity contribution in [3.05, 3.63) is 29.3 Å². The molecule has 1 aromatic carbocycles. The van der Waals surface area contributed by atoms with E-state index >= 15 is 0 Å². The van der Waals surface area contributed by atoms with E-state index in [2.05, 4.69) is 5.32 Å². The molecule has 1 aromatic rings. The van der Waals surface area contributed by atoms with Gasteiger partial charge in [-0.15, -0.1) is 11.6 Å². The van der Waals surface area contributed by atoms with Crippen LogP contribution in [-0.2, 0) is 16.1 Å². The van der Waals surface area contributed by atoms with Crippen LogP contribution in [0.4, 0.5) is 14.5 Å². The predicted octanol–water partition coefficient (Wildman–Crippen LogP) is 2.95. The van der Waals surface area contributed by atoms with Crippen LogP contribution in [0, 0.1) is 6.92 Å². The lowest BCUT2D eigenvalue weighted by Gasteiger charge is -2.11. The van der Waals surface area contributed by atoms with Gasteiger partial charge in [0.25, 0.3) is 6.43 Å². The molecule has 0 aliphatic carbocycles. The number of ether oxygens (including phenoxy) is 1. The molecule has 0 aliphatic heterocycles. The van der Waals surface area contributed by atoms with Crippen LogP contribution < -0.4 is 5.32 Å². The van der Waals surface area contributed by atoms with E-state index in [1.807, 2.05) is 13.0 Å². The Morgan fingerprint density at radius 2 is 2.22 bits per heavy atom. The lowest BCUT2D eigenvalue weighted by molar-refractivity contribution is -0.113. The lowest BCUT2D eigenvalue weighted by Crippen LogP contribution is -2.15. The van der Waals surface area contributed by atoms with E-state index in [0.717, 1.165) is 5.56 Å². The Bertz CT molecular complexity index is 413. The van der Waals surface area contributed by atoms with Crippen LogP contribution in [0.3, 0.4) is 0 Å². The van der Waals surface area contributed by atoms with Gasteiger partial charge in [-0.1, -0.05) is 12.1 Å². The first-order valence-corrected chi connectivity index (χ1v) is 5.87. The van der Waals surface area contributed by atoms with Crippen molar-refractivity contribution in [3.63, 3.8) is 0 Å². The first-order chi connectivity index (χ1) is 8.52. The molecule has 0 bridgehead atoms. The van der Waals surface area contributed by atoms with Crippen molar-refractivity contribution in [2.24, 2.45) is 0 Å². The Balaban J connectivity index is 2.73. The van der Waals surface area contributed by atoms with E-state index in [1.54, 1.807) is 12.1 Å². The number of amides is 1. The summed E-state index contributed by atoms with van der Waals surface area (Å²) in [7, 11) is 0. The summed E-state index contributed by atoms with van der Waals surface area (Å²) in [6.07, 6.45) is -2.50. The van der Waals surface area contributed by atoms with Crippen LogP contribution in [0.1, 0.15) is 11.1 Å². The summed E-state index contributed by atoms with van der Waals surface area (Å²) in [4.78, 5) is 11.2. The smallest absolute Gasteiger partial charge is 0.261 e. The van der Waals surface area contributed by atoms with E-state index in [1.165, 1.54) is 0 Å². The maximum absolute atomic E-state index is 12.0. The lowest BCUT2D eigenvalue weighted by atomic mass is 10.1. The quantitative estimate of drug-likeness (QED) is 0.812. The van der Waals surface area contributed by atoms with Crippen LogP contribution >= 0.6 is 11.6 Å². The number of carbonyl (C=O) groups is 1. The van der Waals surface area contributed by atoms with Gasteiger partial charge in [0.2, 0.25) is 5.91 Å². The van der Waals surface area contributed by atoms with Crippen LogP contribution in [0.15, 0.2) is 18.2 Å². The highest BCUT2D eigenvalue weighted by Gasteiger charge is 2.08. The summed E-state index contributed by atoms with van der Waals surface area (Å²) in [5.74, 6) is -0.511. The molecular weight excluding hydrogens is 264 g/mol. The van der Waals surface area contributed by atoms with Gasteiger partial charge < -0.3 is 10.1 Å². The van der Waals surface area contributed by atoms with Gasteiger partial charge in [0.05, 0.1) is 6.61 Å². The minimum atomic E-state index is -2.50. The molecule has 0 radical (unpaired) electrons. The Morgan fingerprint density at radius 1 is 1.50 bits per heavy atom. The van der Waals surface area contributed by atoms with E-state index in [4.69, 9.17) is 16.3 Å². The molecule has 0 aliphatic rings. The summed E-state index contributed by atoms with van der Waals surface area (Å²) in [5.41, 5.74) is 2.12. The Kier molecular flexibility index (Phi) is 6.01. The number of anilines is 1. The van der Waals surface area contributed by atoms with Gasteiger partial charge in [0.15, 0.2) is 0 Å². The molecule has 1 amide bonds. The highest BCUT2D eigenvalue weighted by molar-refractivity contribution is 6.29. The molecule has 0 heterocycles. The first kappa shape index (κ1) is 14.9. The van der Waals surface area contributed by atoms with Crippen LogP contribution in [0.25, 0.3) is 0 Å². The van der Waals surface area contributed by atoms with E-state index in [9.17, 15) is 13.6 Å². The van der Waals surface area contributed by atoms with Gasteiger partial charge in [-0.05, 0) is 18.6 Å². The zero-order valence-electron chi connectivity index (χ0n) is 9.88. The van der Waals surface area contributed by atoms with Crippen LogP contribution in [0.2, 0.25) is 0 Å². The molecule has 0 unspecified atom stereocenters. The van der Waals surface area contributed by atoms with Gasteiger partial charge in [-0.3, -0.25) is 4.79 Å². The summed E-state index contributed by atoms with van der Waals surface area (Å²) in [6, 6.07) is 5.29. The molecular formula is C12H14ClF2NO2. The Hall–Kier alpha value is -1.20. The summed E-state index contributed by atoms with van der Waals surface area (Å²) < 4.78 is 28.8. The number of alkyl halides is 3. The molecule has 0 fully saturated rings. The van der Waals surface area contributed by atoms with Crippen molar-refractivity contribution < 1.29 is 18.3 Å². The van der Waals surface area contributed by atoms with Gasteiger partial charge in [0, 0.05) is 11.3 Å². The summed E-state index contributed by atoms with van der Waals surface area (Å²) in [5, 5.41) is 2.60. The topological polar surface area (TPSA) is 38.3 Å². The largest absolute Gasteiger partial charge is 0.371 e. The maximum atomic E-state index is 12.0. The number of rotatable bonds is 6. The fourth-order valence-corrected chi connectivity index (χ4v) is 1.44. The van der Waals surface area contributed by atoms with Gasteiger partial charge in [-0.25, -0.2) is 8.78 Å². The second-order valence-corrected chi connectivity index (χ2v) is 4.02. The van der Waals surface area contributed by atoms with Crippen molar-refractivity contribution in [2.45, 2.75) is 20.0 Å². The van der Waals surface area contributed by atoms with Crippen LogP contribution in [0.5, 0.6) is 0 Å². The molecule has 0 spiro atoms. The first-order valence-electron chi connectivity index (χ1n) is 5.34. The minimum absolute atomic E-state index is 0.0164. The third-order valence-corrected chi connectivity index (χ3v) is 2.40. The Labute approximate surface area is 109 Å². The number of carbonyl (C=O) groups excluding carboxylic acids is 1. The predicted molar refractivity (Wildman–Crippen MR) is 66.2 cm³/mol. The van der Waals surface area contributed by atoms with Gasteiger partial charge in [0.1, 0.15) is 12.5 Å². The van der Waals surface area contributed by atoms with Crippen molar-refractivity contribution >= 4 is 23.2 Å². The molecule has 6 heteroatoms. The minimum Gasteiger partial charge on any atom is -0.371 e. The molecule has 0 saturated carbocycles. The average Bonchev–Trinajstić information content (AvgIpc) is 2.31. The molecule has 1 N–H and O–H groups in total. The zero-order valence-corrected chi connectivity index (χ0v) is 10.6. The summed E-state index contributed by atoms with van der Waals surface area (Å²) >= 11 is 5.40. The molecule has 100 valence electrons. The second kappa shape index (κ2) is 7.28. The standard InChI is InChI=1S/C12H14ClF2NO2/c1-8-2-3-9(6-18-7-11(14)15)10(4-8)16-12(17)5-13/h2-4,11H,5-7H2,1H3,(H,16,17). The molecule has 0 saturated heterocycles. The number of benzene rings is 1. The maximum Gasteiger partial charge on any atom is 0.261 e. The monoisotopic (exact) mass is 277 g/mol. The van der Waals surface area contributed by atoms with E-state index < -0.39 is 13.0 Å². The summed E-state index contributed by atoms with van der Waals surface area (Å²) in [6.45, 7) is 1.25. The molecule has 3 nitrogen and oxygen atoms in total. The second-order valence-electron chi connectivity index (χ2n) is 3.75. The van der Waals surface area contributed by atoms with Crippen molar-refractivity contribution in [1.29, 1.82) is 0 Å². The average molecular weight is 278 g/mol. The zero-order chi connectivity index (χ0) is 13.5. The number of nitrogens with one attached hydrogen (secondary N) is 1. The normalized spacial score (nSPS) is 10.7. The van der Waals surface area contributed by atoms with E-state index in [-0.39, 0.29) is 18.4 Å². The third kappa shape index (κ3) is 4.98. The van der Waals surface area contributed by atoms with Crippen molar-refractivity contribution in [3.8, 4) is 0 Å². The number of halogens is 3. The third-order valence-electron chi connectivity index (χ3n) is 2.16. The van der Waals surface area contributed by atoms with Crippen molar-refractivity contribution in [1.82, 2.24) is 0 Å². The number of hydrogen-bond acceptors (Lipinski definition) is 2. The fourth-order valence-electron chi connectivity index (χ4n) is 1.37.